The first kappa shape index (κ1) is 18.5. The van der Waals surface area contributed by atoms with Crippen LogP contribution in [-0.4, -0.2) is 37.3 Å². The number of hydrogen-bond acceptors (Lipinski definition) is 5. The molecule has 3 rings (SSSR count). The molecule has 1 saturated heterocycles. The van der Waals surface area contributed by atoms with Gasteiger partial charge in [0, 0.05) is 25.6 Å². The fourth-order valence-corrected chi connectivity index (χ4v) is 2.87. The van der Waals surface area contributed by atoms with Crippen LogP contribution in [0.3, 0.4) is 0 Å². The van der Waals surface area contributed by atoms with Gasteiger partial charge in [-0.1, -0.05) is 23.7 Å². The van der Waals surface area contributed by atoms with Gasteiger partial charge in [0.1, 0.15) is 16.9 Å². The van der Waals surface area contributed by atoms with E-state index in [2.05, 4.69) is 10.3 Å². The van der Waals surface area contributed by atoms with E-state index in [9.17, 15) is 4.79 Å². The minimum atomic E-state index is -0.250. The van der Waals surface area contributed by atoms with Crippen molar-refractivity contribution in [3.8, 4) is 11.6 Å². The molecule has 1 aliphatic heterocycles. The van der Waals surface area contributed by atoms with E-state index in [4.69, 9.17) is 25.8 Å². The quantitative estimate of drug-likeness (QED) is 0.838. The van der Waals surface area contributed by atoms with Gasteiger partial charge in [-0.15, -0.1) is 0 Å². The normalized spacial score (nSPS) is 14.7. The number of nitrogens with zero attached hydrogens (tertiary/aromatic N) is 1. The van der Waals surface area contributed by atoms with Crippen LogP contribution in [0.25, 0.3) is 0 Å². The highest BCUT2D eigenvalue weighted by Crippen LogP contribution is 2.25. The number of methoxy groups -OCH3 is 1. The van der Waals surface area contributed by atoms with Crippen LogP contribution in [0.2, 0.25) is 5.02 Å². The molecule has 1 N–H and O–H groups in total. The van der Waals surface area contributed by atoms with E-state index in [1.165, 1.54) is 6.20 Å². The Hall–Kier alpha value is -2.31. The van der Waals surface area contributed by atoms with Gasteiger partial charge in [-0.3, -0.25) is 4.79 Å². The zero-order chi connectivity index (χ0) is 18.4. The number of pyridine rings is 1. The van der Waals surface area contributed by atoms with Crippen molar-refractivity contribution in [2.24, 2.45) is 0 Å². The number of ether oxygens (including phenoxy) is 3. The van der Waals surface area contributed by atoms with Crippen molar-refractivity contribution in [2.45, 2.75) is 25.5 Å². The molecule has 1 aliphatic rings. The highest BCUT2D eigenvalue weighted by atomic mass is 35.5. The molecule has 6 nitrogen and oxygen atoms in total. The van der Waals surface area contributed by atoms with E-state index in [1.54, 1.807) is 13.2 Å². The van der Waals surface area contributed by atoms with Crippen molar-refractivity contribution in [1.82, 2.24) is 10.3 Å². The number of carbonyl (C=O) groups is 1. The first-order chi connectivity index (χ1) is 12.7. The van der Waals surface area contributed by atoms with Gasteiger partial charge in [0.2, 0.25) is 5.88 Å². The monoisotopic (exact) mass is 376 g/mol. The Morgan fingerprint density at radius 2 is 2.15 bits per heavy atom. The molecule has 2 aromatic rings. The molecule has 0 saturated carbocycles. The van der Waals surface area contributed by atoms with Crippen LogP contribution in [0.4, 0.5) is 0 Å². The van der Waals surface area contributed by atoms with Gasteiger partial charge in [0.15, 0.2) is 0 Å². The van der Waals surface area contributed by atoms with Crippen molar-refractivity contribution < 1.29 is 19.0 Å². The number of nitrogens with one attached hydrogen (secondary N) is 1. The third kappa shape index (κ3) is 4.86. The molecule has 0 aliphatic carbocycles. The summed E-state index contributed by atoms with van der Waals surface area (Å²) in [6, 6.07) is 9.09. The summed E-state index contributed by atoms with van der Waals surface area (Å²) in [7, 11) is 1.61. The molecule has 0 spiro atoms. The zero-order valence-electron chi connectivity index (χ0n) is 14.5. The molecule has 2 heterocycles. The second kappa shape index (κ2) is 8.87. The summed E-state index contributed by atoms with van der Waals surface area (Å²) in [5.74, 6) is 0.846. The summed E-state index contributed by atoms with van der Waals surface area (Å²) >= 11 is 6.23. The Kier molecular flexibility index (Phi) is 6.30. The third-order valence-corrected chi connectivity index (χ3v) is 4.37. The van der Waals surface area contributed by atoms with E-state index in [1.807, 2.05) is 24.3 Å². The summed E-state index contributed by atoms with van der Waals surface area (Å²) in [6.45, 7) is 1.73. The average molecular weight is 377 g/mol. The van der Waals surface area contributed by atoms with Crippen molar-refractivity contribution in [3.63, 3.8) is 0 Å². The minimum Gasteiger partial charge on any atom is -0.497 e. The maximum atomic E-state index is 12.3. The maximum Gasteiger partial charge on any atom is 0.253 e. The summed E-state index contributed by atoms with van der Waals surface area (Å²) in [5.41, 5.74) is 1.33. The van der Waals surface area contributed by atoms with E-state index < -0.39 is 0 Å². The molecular formula is C19H21ClN2O4. The average Bonchev–Trinajstić information content (AvgIpc) is 2.68. The van der Waals surface area contributed by atoms with Gasteiger partial charge in [-0.25, -0.2) is 4.98 Å². The van der Waals surface area contributed by atoms with Crippen molar-refractivity contribution in [2.75, 3.05) is 20.3 Å². The number of aromatic nitrogens is 1. The highest BCUT2D eigenvalue weighted by molar-refractivity contribution is 6.32. The lowest BCUT2D eigenvalue weighted by molar-refractivity contribution is 0.0238. The fourth-order valence-electron chi connectivity index (χ4n) is 2.65. The topological polar surface area (TPSA) is 69.7 Å². The molecule has 138 valence electrons. The molecule has 1 aromatic heterocycles. The lowest BCUT2D eigenvalue weighted by Gasteiger charge is -2.23. The molecule has 1 aromatic carbocycles. The van der Waals surface area contributed by atoms with Crippen LogP contribution in [0.1, 0.15) is 28.8 Å². The number of benzene rings is 1. The second-order valence-corrected chi connectivity index (χ2v) is 6.38. The van der Waals surface area contributed by atoms with Gasteiger partial charge in [-0.05, 0) is 23.8 Å². The van der Waals surface area contributed by atoms with Crippen LogP contribution < -0.4 is 14.8 Å². The molecule has 26 heavy (non-hydrogen) atoms. The number of rotatable bonds is 6. The van der Waals surface area contributed by atoms with Crippen molar-refractivity contribution in [3.05, 3.63) is 52.7 Å². The Balaban J connectivity index is 1.59. The molecule has 1 amide bonds. The fraction of sp³-hybridized carbons (Fsp3) is 0.368. The van der Waals surface area contributed by atoms with Crippen LogP contribution in [0, 0.1) is 0 Å². The Bertz CT molecular complexity index is 763. The lowest BCUT2D eigenvalue weighted by Crippen LogP contribution is -2.26. The Morgan fingerprint density at radius 3 is 2.88 bits per heavy atom. The molecule has 7 heteroatoms. The van der Waals surface area contributed by atoms with Gasteiger partial charge in [0.25, 0.3) is 5.91 Å². The van der Waals surface area contributed by atoms with E-state index in [-0.39, 0.29) is 12.0 Å². The minimum absolute atomic E-state index is 0.0430. The molecule has 0 atom stereocenters. The number of halogens is 1. The molecule has 0 radical (unpaired) electrons. The first-order valence-electron chi connectivity index (χ1n) is 8.47. The number of amides is 1. The van der Waals surface area contributed by atoms with E-state index in [0.717, 1.165) is 24.2 Å². The van der Waals surface area contributed by atoms with Crippen LogP contribution in [0.5, 0.6) is 11.6 Å². The molecular weight excluding hydrogens is 356 g/mol. The van der Waals surface area contributed by atoms with Gasteiger partial charge >= 0.3 is 0 Å². The predicted octanol–water partition coefficient (Wildman–Crippen LogP) is 3.23. The smallest absolute Gasteiger partial charge is 0.253 e. The standard InChI is InChI=1S/C19H21ClN2O4/c1-24-16-4-2-3-13(9-16)11-21-18(23)14-10-17(20)19(22-12-14)26-15-5-7-25-8-6-15/h2-4,9-10,12,15H,5-8,11H2,1H3,(H,21,23). The number of hydrogen-bond donors (Lipinski definition) is 1. The molecule has 1 fully saturated rings. The summed E-state index contributed by atoms with van der Waals surface area (Å²) in [4.78, 5) is 16.5. The van der Waals surface area contributed by atoms with Gasteiger partial charge < -0.3 is 19.5 Å². The van der Waals surface area contributed by atoms with Gasteiger partial charge in [-0.2, -0.15) is 0 Å². The lowest BCUT2D eigenvalue weighted by atomic mass is 10.1. The van der Waals surface area contributed by atoms with Crippen LogP contribution in [0.15, 0.2) is 36.5 Å². The highest BCUT2D eigenvalue weighted by Gasteiger charge is 2.18. The third-order valence-electron chi connectivity index (χ3n) is 4.10. The van der Waals surface area contributed by atoms with Crippen LogP contribution in [-0.2, 0) is 11.3 Å². The van der Waals surface area contributed by atoms with Crippen LogP contribution >= 0.6 is 11.6 Å². The largest absolute Gasteiger partial charge is 0.497 e. The van der Waals surface area contributed by atoms with Crippen molar-refractivity contribution >= 4 is 17.5 Å². The van der Waals surface area contributed by atoms with E-state index >= 15 is 0 Å². The first-order valence-corrected chi connectivity index (χ1v) is 8.84. The Morgan fingerprint density at radius 1 is 1.35 bits per heavy atom. The summed E-state index contributed by atoms with van der Waals surface area (Å²) in [6.07, 6.45) is 3.13. The van der Waals surface area contributed by atoms with E-state index in [0.29, 0.717) is 36.2 Å². The SMILES string of the molecule is COc1cccc(CNC(=O)c2cnc(OC3CCOCC3)c(Cl)c2)c1. The molecule has 0 unspecified atom stereocenters. The summed E-state index contributed by atoms with van der Waals surface area (Å²) in [5, 5.41) is 3.17. The van der Waals surface area contributed by atoms with Crippen molar-refractivity contribution in [1.29, 1.82) is 0 Å². The predicted molar refractivity (Wildman–Crippen MR) is 97.9 cm³/mol. The van der Waals surface area contributed by atoms with Gasteiger partial charge in [0.05, 0.1) is 25.9 Å². The molecule has 0 bridgehead atoms. The number of carbonyl (C=O) groups excluding carboxylic acids is 1. The zero-order valence-corrected chi connectivity index (χ0v) is 15.3. The second-order valence-electron chi connectivity index (χ2n) is 5.97. The maximum absolute atomic E-state index is 12.3. The Labute approximate surface area is 157 Å². The summed E-state index contributed by atoms with van der Waals surface area (Å²) < 4.78 is 16.3.